The minimum Gasteiger partial charge on any atom is -0.335 e. The molecule has 0 saturated carbocycles. The summed E-state index contributed by atoms with van der Waals surface area (Å²) in [5.74, 6) is -0.751. The lowest BCUT2D eigenvalue weighted by Crippen LogP contribution is -2.41. The predicted molar refractivity (Wildman–Crippen MR) is 66.5 cm³/mol. The Balaban J connectivity index is 2.70. The van der Waals surface area contributed by atoms with E-state index in [9.17, 15) is 0 Å². The van der Waals surface area contributed by atoms with E-state index < -0.39 is 5.91 Å². The third-order valence-corrected chi connectivity index (χ3v) is 2.26. The van der Waals surface area contributed by atoms with Gasteiger partial charge in [-0.15, -0.1) is 0 Å². The van der Waals surface area contributed by atoms with E-state index in [1.54, 1.807) is 0 Å². The van der Waals surface area contributed by atoms with Gasteiger partial charge in [-0.3, -0.25) is 0 Å². The minimum atomic E-state index is -0.751. The Morgan fingerprint density at radius 3 is 2.00 bits per heavy atom. The lowest BCUT2D eigenvalue weighted by atomic mass is 10.2. The normalized spacial score (nSPS) is 11.5. The molecule has 0 aliphatic rings. The number of benzene rings is 1. The average molecular weight is 223 g/mol. The van der Waals surface area contributed by atoms with E-state index >= 15 is 0 Å². The monoisotopic (exact) mass is 223 g/mol. The second-order valence-electron chi connectivity index (χ2n) is 3.80. The third-order valence-electron chi connectivity index (χ3n) is 2.26. The standard InChI is InChI=1S/C13H21NO2/c1-5-15-13(4,16-6-2)14-12-9-7-11(3)8-10-12/h7-10,14H,5-6H2,1-4H3. The van der Waals surface area contributed by atoms with Crippen molar-refractivity contribution in [2.24, 2.45) is 0 Å². The number of hydrogen-bond acceptors (Lipinski definition) is 3. The highest BCUT2D eigenvalue weighted by atomic mass is 16.7. The molecule has 1 N–H and O–H groups in total. The molecule has 1 aromatic rings. The van der Waals surface area contributed by atoms with Crippen molar-refractivity contribution in [3.05, 3.63) is 29.8 Å². The van der Waals surface area contributed by atoms with Gasteiger partial charge < -0.3 is 14.8 Å². The van der Waals surface area contributed by atoms with Crippen molar-refractivity contribution in [1.82, 2.24) is 0 Å². The van der Waals surface area contributed by atoms with Crippen molar-refractivity contribution < 1.29 is 9.47 Å². The first-order valence-corrected chi connectivity index (χ1v) is 5.72. The molecule has 90 valence electrons. The number of ether oxygens (including phenoxy) is 2. The molecule has 0 amide bonds. The quantitative estimate of drug-likeness (QED) is 0.751. The summed E-state index contributed by atoms with van der Waals surface area (Å²) in [4.78, 5) is 0. The molecule has 0 spiro atoms. The van der Waals surface area contributed by atoms with E-state index in [0.29, 0.717) is 13.2 Å². The Morgan fingerprint density at radius 2 is 1.56 bits per heavy atom. The van der Waals surface area contributed by atoms with Crippen LogP contribution in [0.15, 0.2) is 24.3 Å². The van der Waals surface area contributed by atoms with Crippen molar-refractivity contribution in [2.75, 3.05) is 18.5 Å². The van der Waals surface area contributed by atoms with Crippen molar-refractivity contribution in [3.8, 4) is 0 Å². The van der Waals surface area contributed by atoms with Crippen LogP contribution in [0.5, 0.6) is 0 Å². The fourth-order valence-corrected chi connectivity index (χ4v) is 1.56. The maximum atomic E-state index is 5.57. The van der Waals surface area contributed by atoms with Crippen LogP contribution in [0.2, 0.25) is 0 Å². The number of anilines is 1. The summed E-state index contributed by atoms with van der Waals surface area (Å²) in [6, 6.07) is 8.15. The van der Waals surface area contributed by atoms with Gasteiger partial charge in [0.2, 0.25) is 5.91 Å². The maximum absolute atomic E-state index is 5.57. The summed E-state index contributed by atoms with van der Waals surface area (Å²) in [6.45, 7) is 9.07. The van der Waals surface area contributed by atoms with Crippen LogP contribution in [0.4, 0.5) is 5.69 Å². The highest BCUT2D eigenvalue weighted by Gasteiger charge is 2.24. The maximum Gasteiger partial charge on any atom is 0.246 e. The summed E-state index contributed by atoms with van der Waals surface area (Å²) < 4.78 is 11.1. The lowest BCUT2D eigenvalue weighted by Gasteiger charge is -2.30. The van der Waals surface area contributed by atoms with E-state index in [2.05, 4.69) is 24.4 Å². The topological polar surface area (TPSA) is 30.5 Å². The van der Waals surface area contributed by atoms with Crippen LogP contribution in [0, 0.1) is 6.92 Å². The number of hydrogen-bond donors (Lipinski definition) is 1. The smallest absolute Gasteiger partial charge is 0.246 e. The van der Waals surface area contributed by atoms with Crippen LogP contribution < -0.4 is 5.32 Å². The van der Waals surface area contributed by atoms with E-state index in [1.165, 1.54) is 5.56 Å². The summed E-state index contributed by atoms with van der Waals surface area (Å²) >= 11 is 0. The van der Waals surface area contributed by atoms with E-state index in [1.807, 2.05) is 32.9 Å². The van der Waals surface area contributed by atoms with Crippen molar-refractivity contribution in [3.63, 3.8) is 0 Å². The zero-order chi connectivity index (χ0) is 12.0. The van der Waals surface area contributed by atoms with Crippen LogP contribution >= 0.6 is 0 Å². The first kappa shape index (κ1) is 13.0. The zero-order valence-corrected chi connectivity index (χ0v) is 10.5. The van der Waals surface area contributed by atoms with E-state index in [-0.39, 0.29) is 0 Å². The Labute approximate surface area is 97.8 Å². The number of nitrogens with one attached hydrogen (secondary N) is 1. The van der Waals surface area contributed by atoms with Gasteiger partial charge in [0.1, 0.15) is 0 Å². The fraction of sp³-hybridized carbons (Fsp3) is 0.538. The SMILES string of the molecule is CCOC(C)(Nc1ccc(C)cc1)OCC. The van der Waals surface area contributed by atoms with Gasteiger partial charge in [-0.2, -0.15) is 0 Å². The molecule has 0 atom stereocenters. The largest absolute Gasteiger partial charge is 0.335 e. The molecule has 0 fully saturated rings. The molecular formula is C13H21NO2. The third kappa shape index (κ3) is 3.83. The highest BCUT2D eigenvalue weighted by Crippen LogP contribution is 2.18. The molecule has 0 bridgehead atoms. The molecule has 0 radical (unpaired) electrons. The Hall–Kier alpha value is -1.06. The van der Waals surface area contributed by atoms with Crippen LogP contribution in [-0.2, 0) is 9.47 Å². The minimum absolute atomic E-state index is 0.607. The summed E-state index contributed by atoms with van der Waals surface area (Å²) in [6.07, 6.45) is 0. The molecule has 16 heavy (non-hydrogen) atoms. The summed E-state index contributed by atoms with van der Waals surface area (Å²) in [7, 11) is 0. The Bertz CT molecular complexity index is 302. The van der Waals surface area contributed by atoms with Gasteiger partial charge in [0.05, 0.1) is 0 Å². The van der Waals surface area contributed by atoms with Crippen molar-refractivity contribution in [2.45, 2.75) is 33.6 Å². The average Bonchev–Trinajstić information content (AvgIpc) is 2.22. The lowest BCUT2D eigenvalue weighted by molar-refractivity contribution is -0.200. The molecular weight excluding hydrogens is 202 g/mol. The molecule has 0 aliphatic heterocycles. The molecule has 0 saturated heterocycles. The summed E-state index contributed by atoms with van der Waals surface area (Å²) in [5.41, 5.74) is 2.23. The zero-order valence-electron chi connectivity index (χ0n) is 10.5. The van der Waals surface area contributed by atoms with Gasteiger partial charge in [-0.1, -0.05) is 17.7 Å². The van der Waals surface area contributed by atoms with Crippen LogP contribution in [0.3, 0.4) is 0 Å². The molecule has 0 unspecified atom stereocenters. The van der Waals surface area contributed by atoms with Crippen molar-refractivity contribution in [1.29, 1.82) is 0 Å². The van der Waals surface area contributed by atoms with Crippen LogP contribution in [0.25, 0.3) is 0 Å². The molecule has 0 aliphatic carbocycles. The fourth-order valence-electron chi connectivity index (χ4n) is 1.56. The van der Waals surface area contributed by atoms with E-state index in [0.717, 1.165) is 5.69 Å². The second-order valence-corrected chi connectivity index (χ2v) is 3.80. The van der Waals surface area contributed by atoms with Crippen molar-refractivity contribution >= 4 is 5.69 Å². The molecule has 3 heteroatoms. The van der Waals surface area contributed by atoms with Gasteiger partial charge in [-0.25, -0.2) is 0 Å². The summed E-state index contributed by atoms with van der Waals surface area (Å²) in [5, 5.41) is 3.24. The molecule has 3 nitrogen and oxygen atoms in total. The van der Waals surface area contributed by atoms with Gasteiger partial charge >= 0.3 is 0 Å². The first-order valence-electron chi connectivity index (χ1n) is 5.72. The Kier molecular flexibility index (Phi) is 4.77. The van der Waals surface area contributed by atoms with Gasteiger partial charge in [0.25, 0.3) is 0 Å². The molecule has 0 heterocycles. The number of rotatable bonds is 6. The second kappa shape index (κ2) is 5.87. The van der Waals surface area contributed by atoms with Crippen LogP contribution in [0.1, 0.15) is 26.3 Å². The predicted octanol–water partition coefficient (Wildman–Crippen LogP) is 3.15. The molecule has 1 aromatic carbocycles. The Morgan fingerprint density at radius 1 is 1.06 bits per heavy atom. The van der Waals surface area contributed by atoms with Gasteiger partial charge in [-0.05, 0) is 32.9 Å². The van der Waals surface area contributed by atoms with Gasteiger partial charge in [0, 0.05) is 25.8 Å². The first-order chi connectivity index (χ1) is 7.59. The molecule has 0 aromatic heterocycles. The molecule has 1 rings (SSSR count). The number of aryl methyl sites for hydroxylation is 1. The highest BCUT2D eigenvalue weighted by molar-refractivity contribution is 5.45. The van der Waals surface area contributed by atoms with Gasteiger partial charge in [0.15, 0.2) is 0 Å². The van der Waals surface area contributed by atoms with Crippen LogP contribution in [-0.4, -0.2) is 19.1 Å². The van der Waals surface area contributed by atoms with E-state index in [4.69, 9.17) is 9.47 Å².